The topological polar surface area (TPSA) is 33.1 Å². The SMILES string of the molecule is CCCCCC(O)Cc1csc(C)n1. The molecule has 0 radical (unpaired) electrons. The molecule has 1 heterocycles. The zero-order chi connectivity index (χ0) is 10.4. The summed E-state index contributed by atoms with van der Waals surface area (Å²) in [6.07, 6.45) is 4.97. The van der Waals surface area contributed by atoms with Gasteiger partial charge in [-0.3, -0.25) is 0 Å². The van der Waals surface area contributed by atoms with E-state index in [1.165, 1.54) is 12.8 Å². The van der Waals surface area contributed by atoms with Gasteiger partial charge in [-0.25, -0.2) is 4.98 Å². The maximum atomic E-state index is 9.70. The largest absolute Gasteiger partial charge is 0.393 e. The van der Waals surface area contributed by atoms with Gasteiger partial charge in [0.25, 0.3) is 0 Å². The molecule has 0 spiro atoms. The van der Waals surface area contributed by atoms with E-state index in [2.05, 4.69) is 11.9 Å². The Morgan fingerprint density at radius 1 is 1.50 bits per heavy atom. The van der Waals surface area contributed by atoms with E-state index in [-0.39, 0.29) is 6.10 Å². The average molecular weight is 213 g/mol. The van der Waals surface area contributed by atoms with Gasteiger partial charge in [0.05, 0.1) is 16.8 Å². The van der Waals surface area contributed by atoms with Crippen molar-refractivity contribution < 1.29 is 5.11 Å². The molecule has 0 aliphatic rings. The highest BCUT2D eigenvalue weighted by molar-refractivity contribution is 7.09. The van der Waals surface area contributed by atoms with Gasteiger partial charge in [-0.2, -0.15) is 0 Å². The van der Waals surface area contributed by atoms with Crippen LogP contribution >= 0.6 is 11.3 Å². The fourth-order valence-corrected chi connectivity index (χ4v) is 2.10. The zero-order valence-corrected chi connectivity index (χ0v) is 9.81. The third-order valence-corrected chi connectivity index (χ3v) is 3.07. The van der Waals surface area contributed by atoms with Crippen molar-refractivity contribution in [3.63, 3.8) is 0 Å². The van der Waals surface area contributed by atoms with Crippen LogP contribution in [0.4, 0.5) is 0 Å². The summed E-state index contributed by atoms with van der Waals surface area (Å²) >= 11 is 1.65. The van der Waals surface area contributed by atoms with Crippen LogP contribution in [0, 0.1) is 6.92 Å². The van der Waals surface area contributed by atoms with Gasteiger partial charge in [0, 0.05) is 11.8 Å². The number of aliphatic hydroxyl groups excluding tert-OH is 1. The van der Waals surface area contributed by atoms with Gasteiger partial charge in [0.2, 0.25) is 0 Å². The van der Waals surface area contributed by atoms with E-state index < -0.39 is 0 Å². The van der Waals surface area contributed by atoms with E-state index in [0.717, 1.165) is 23.5 Å². The lowest BCUT2D eigenvalue weighted by atomic mass is 10.1. The number of thiazole rings is 1. The van der Waals surface area contributed by atoms with Crippen LogP contribution in [-0.4, -0.2) is 16.2 Å². The number of unbranched alkanes of at least 4 members (excludes halogenated alkanes) is 2. The summed E-state index contributed by atoms with van der Waals surface area (Å²) < 4.78 is 0. The van der Waals surface area contributed by atoms with E-state index in [9.17, 15) is 5.11 Å². The number of nitrogens with zero attached hydrogens (tertiary/aromatic N) is 1. The zero-order valence-electron chi connectivity index (χ0n) is 8.99. The summed E-state index contributed by atoms with van der Waals surface area (Å²) in [4.78, 5) is 4.34. The normalized spacial score (nSPS) is 13.1. The van der Waals surface area contributed by atoms with Crippen LogP contribution < -0.4 is 0 Å². The fourth-order valence-electron chi connectivity index (χ4n) is 1.48. The number of hydrogen-bond donors (Lipinski definition) is 1. The van der Waals surface area contributed by atoms with Crippen LogP contribution in [-0.2, 0) is 6.42 Å². The molecule has 3 heteroatoms. The van der Waals surface area contributed by atoms with Crippen molar-refractivity contribution in [2.45, 2.75) is 52.1 Å². The quantitative estimate of drug-likeness (QED) is 0.737. The molecule has 1 atom stereocenters. The molecular formula is C11H19NOS. The van der Waals surface area contributed by atoms with Gasteiger partial charge in [0.1, 0.15) is 0 Å². The van der Waals surface area contributed by atoms with Crippen molar-refractivity contribution in [2.75, 3.05) is 0 Å². The van der Waals surface area contributed by atoms with Gasteiger partial charge in [-0.15, -0.1) is 11.3 Å². The molecule has 0 bridgehead atoms. The molecule has 0 aliphatic carbocycles. The lowest BCUT2D eigenvalue weighted by molar-refractivity contribution is 0.160. The number of rotatable bonds is 6. The Hall–Kier alpha value is -0.410. The first-order chi connectivity index (χ1) is 6.72. The van der Waals surface area contributed by atoms with Crippen LogP contribution in [0.2, 0.25) is 0 Å². The summed E-state index contributed by atoms with van der Waals surface area (Å²) in [6, 6.07) is 0. The van der Waals surface area contributed by atoms with Crippen molar-refractivity contribution in [2.24, 2.45) is 0 Å². The Labute approximate surface area is 90.0 Å². The van der Waals surface area contributed by atoms with Crippen LogP contribution in [0.5, 0.6) is 0 Å². The maximum absolute atomic E-state index is 9.70. The monoisotopic (exact) mass is 213 g/mol. The highest BCUT2D eigenvalue weighted by Gasteiger charge is 2.07. The van der Waals surface area contributed by atoms with Gasteiger partial charge < -0.3 is 5.11 Å². The predicted molar refractivity (Wildman–Crippen MR) is 60.7 cm³/mol. The number of aryl methyl sites for hydroxylation is 1. The van der Waals surface area contributed by atoms with Crippen molar-refractivity contribution >= 4 is 11.3 Å². The minimum Gasteiger partial charge on any atom is -0.393 e. The predicted octanol–water partition coefficient (Wildman–Crippen LogP) is 2.94. The molecule has 1 N–H and O–H groups in total. The van der Waals surface area contributed by atoms with E-state index in [0.29, 0.717) is 6.42 Å². The van der Waals surface area contributed by atoms with Gasteiger partial charge in [-0.05, 0) is 13.3 Å². The minimum atomic E-state index is -0.206. The molecule has 1 rings (SSSR count). The molecule has 0 amide bonds. The lowest BCUT2D eigenvalue weighted by Crippen LogP contribution is -2.10. The van der Waals surface area contributed by atoms with Gasteiger partial charge in [-0.1, -0.05) is 26.2 Å². The smallest absolute Gasteiger partial charge is 0.0897 e. The molecule has 1 aromatic rings. The minimum absolute atomic E-state index is 0.206. The second kappa shape index (κ2) is 6.14. The third-order valence-electron chi connectivity index (χ3n) is 2.25. The van der Waals surface area contributed by atoms with Crippen LogP contribution in [0.15, 0.2) is 5.38 Å². The summed E-state index contributed by atoms with van der Waals surface area (Å²) in [5.41, 5.74) is 1.04. The molecule has 0 fully saturated rings. The van der Waals surface area contributed by atoms with E-state index >= 15 is 0 Å². The van der Waals surface area contributed by atoms with Crippen LogP contribution in [0.3, 0.4) is 0 Å². The Kier molecular flexibility index (Phi) is 5.12. The van der Waals surface area contributed by atoms with Crippen molar-refractivity contribution in [1.82, 2.24) is 4.98 Å². The molecule has 0 aromatic carbocycles. The fraction of sp³-hybridized carbons (Fsp3) is 0.727. The molecule has 0 saturated carbocycles. The highest BCUT2D eigenvalue weighted by atomic mass is 32.1. The maximum Gasteiger partial charge on any atom is 0.0897 e. The lowest BCUT2D eigenvalue weighted by Gasteiger charge is -2.07. The first-order valence-electron chi connectivity index (χ1n) is 5.31. The number of aliphatic hydroxyl groups is 1. The Balaban J connectivity index is 2.23. The Morgan fingerprint density at radius 2 is 2.29 bits per heavy atom. The van der Waals surface area contributed by atoms with Crippen molar-refractivity contribution in [1.29, 1.82) is 0 Å². The molecule has 0 aliphatic heterocycles. The number of hydrogen-bond acceptors (Lipinski definition) is 3. The van der Waals surface area contributed by atoms with Gasteiger partial charge in [0.15, 0.2) is 0 Å². The first kappa shape index (κ1) is 11.7. The third kappa shape index (κ3) is 4.20. The molecule has 0 saturated heterocycles. The molecule has 1 aromatic heterocycles. The van der Waals surface area contributed by atoms with Crippen LogP contribution in [0.1, 0.15) is 43.3 Å². The second-order valence-corrected chi connectivity index (χ2v) is 4.77. The Morgan fingerprint density at radius 3 is 2.86 bits per heavy atom. The average Bonchev–Trinajstić information content (AvgIpc) is 2.52. The summed E-state index contributed by atoms with van der Waals surface area (Å²) in [6.45, 7) is 4.17. The van der Waals surface area contributed by atoms with Gasteiger partial charge >= 0.3 is 0 Å². The first-order valence-corrected chi connectivity index (χ1v) is 6.19. The standard InChI is InChI=1S/C11H19NOS/c1-3-4-5-6-11(13)7-10-8-14-9(2)12-10/h8,11,13H,3-7H2,1-2H3. The highest BCUT2D eigenvalue weighted by Crippen LogP contribution is 2.12. The molecule has 80 valence electrons. The van der Waals surface area contributed by atoms with Crippen LogP contribution in [0.25, 0.3) is 0 Å². The van der Waals surface area contributed by atoms with Crippen molar-refractivity contribution in [3.05, 3.63) is 16.1 Å². The molecular weight excluding hydrogens is 194 g/mol. The van der Waals surface area contributed by atoms with E-state index in [4.69, 9.17) is 0 Å². The summed E-state index contributed by atoms with van der Waals surface area (Å²) in [5, 5.41) is 12.8. The summed E-state index contributed by atoms with van der Waals surface area (Å²) in [7, 11) is 0. The summed E-state index contributed by atoms with van der Waals surface area (Å²) in [5.74, 6) is 0. The molecule has 14 heavy (non-hydrogen) atoms. The molecule has 2 nitrogen and oxygen atoms in total. The second-order valence-electron chi connectivity index (χ2n) is 3.71. The molecule has 1 unspecified atom stereocenters. The Bertz CT molecular complexity index is 260. The number of aromatic nitrogens is 1. The van der Waals surface area contributed by atoms with E-state index in [1.807, 2.05) is 12.3 Å². The van der Waals surface area contributed by atoms with Crippen molar-refractivity contribution in [3.8, 4) is 0 Å². The van der Waals surface area contributed by atoms with E-state index in [1.54, 1.807) is 11.3 Å².